The Balaban J connectivity index is 2.10. The molecule has 3 N–H and O–H groups in total. The summed E-state index contributed by atoms with van der Waals surface area (Å²) in [4.78, 5) is 30.6. The van der Waals surface area contributed by atoms with Gasteiger partial charge in [-0.1, -0.05) is 0 Å². The molecule has 0 aromatic carbocycles. The second-order valence-electron chi connectivity index (χ2n) is 6.27. The molecule has 2 heterocycles. The van der Waals surface area contributed by atoms with Crippen LogP contribution >= 0.6 is 12.6 Å². The molecular weight excluding hydrogens is 358 g/mol. The molecule has 2 aromatic rings. The van der Waals surface area contributed by atoms with E-state index < -0.39 is 22.8 Å². The van der Waals surface area contributed by atoms with Crippen molar-refractivity contribution in [2.75, 3.05) is 6.61 Å². The molecule has 0 spiro atoms. The number of hydrogen-bond acceptors (Lipinski definition) is 6. The van der Waals surface area contributed by atoms with Crippen molar-refractivity contribution in [2.24, 2.45) is 0 Å². The standard InChI is InChI=1S/C17H21N3O5S/c1-8-18-14-11(20(8)6-7-25-9(2)26)5-3-4-10-13(14)19-16(22)12(15(10)21)17(23)24/h9,26H,3-7H2,1-2H3,(H,23,24)(H2,19,21,22). The van der Waals surface area contributed by atoms with E-state index in [1.54, 1.807) is 0 Å². The number of hydrogen-bond donors (Lipinski definition) is 4. The summed E-state index contributed by atoms with van der Waals surface area (Å²) >= 11 is 4.19. The van der Waals surface area contributed by atoms with Crippen LogP contribution in [0, 0.1) is 6.92 Å². The number of rotatable bonds is 5. The number of aromatic nitrogens is 3. The number of carboxylic acids is 1. The number of thiol groups is 1. The van der Waals surface area contributed by atoms with Crippen LogP contribution in [0.3, 0.4) is 0 Å². The highest BCUT2D eigenvalue weighted by Crippen LogP contribution is 2.35. The molecule has 9 heteroatoms. The predicted octanol–water partition coefficient (Wildman–Crippen LogP) is 1.73. The number of aromatic amines is 1. The van der Waals surface area contributed by atoms with Crippen LogP contribution in [0.4, 0.5) is 0 Å². The highest BCUT2D eigenvalue weighted by atomic mass is 32.1. The van der Waals surface area contributed by atoms with E-state index in [0.717, 1.165) is 11.5 Å². The number of nitrogens with zero attached hydrogens (tertiary/aromatic N) is 2. The molecule has 140 valence electrons. The van der Waals surface area contributed by atoms with Gasteiger partial charge in [0.25, 0.3) is 5.56 Å². The topological polar surface area (TPSA) is 117 Å². The van der Waals surface area contributed by atoms with Gasteiger partial charge in [-0.05, 0) is 33.1 Å². The summed E-state index contributed by atoms with van der Waals surface area (Å²) in [6, 6.07) is 0. The molecule has 1 unspecified atom stereocenters. The summed E-state index contributed by atoms with van der Waals surface area (Å²) in [5.41, 5.74) is 0.718. The third kappa shape index (κ3) is 3.24. The van der Waals surface area contributed by atoms with Gasteiger partial charge < -0.3 is 24.5 Å². The first-order valence-electron chi connectivity index (χ1n) is 8.38. The Kier molecular flexibility index (Phi) is 5.10. The number of pyridine rings is 1. The molecule has 0 saturated carbocycles. The first-order valence-corrected chi connectivity index (χ1v) is 8.90. The molecule has 3 rings (SSSR count). The van der Waals surface area contributed by atoms with Crippen molar-refractivity contribution in [3.05, 3.63) is 33.0 Å². The third-order valence-electron chi connectivity index (χ3n) is 4.52. The zero-order valence-corrected chi connectivity index (χ0v) is 15.5. The van der Waals surface area contributed by atoms with Gasteiger partial charge in [-0.2, -0.15) is 0 Å². The van der Waals surface area contributed by atoms with Gasteiger partial charge in [0.1, 0.15) is 17.3 Å². The Morgan fingerprint density at radius 2 is 2.19 bits per heavy atom. The zero-order chi connectivity index (χ0) is 19.0. The van der Waals surface area contributed by atoms with E-state index in [0.29, 0.717) is 49.4 Å². The van der Waals surface area contributed by atoms with Crippen LogP contribution < -0.4 is 5.56 Å². The molecule has 0 aliphatic heterocycles. The maximum Gasteiger partial charge on any atom is 0.345 e. The van der Waals surface area contributed by atoms with Gasteiger partial charge in [0.15, 0.2) is 5.56 Å². The minimum Gasteiger partial charge on any atom is -0.506 e. The lowest BCUT2D eigenvalue weighted by atomic mass is 10.0. The van der Waals surface area contributed by atoms with Gasteiger partial charge in [0, 0.05) is 17.8 Å². The number of aryl methyl sites for hydroxylation is 1. The first kappa shape index (κ1) is 18.5. The summed E-state index contributed by atoms with van der Waals surface area (Å²) in [6.07, 6.45) is 1.86. The van der Waals surface area contributed by atoms with E-state index in [1.165, 1.54) is 0 Å². The van der Waals surface area contributed by atoms with Gasteiger partial charge in [-0.25, -0.2) is 9.78 Å². The van der Waals surface area contributed by atoms with Crippen LogP contribution in [0.1, 0.15) is 40.8 Å². The average Bonchev–Trinajstić information content (AvgIpc) is 2.73. The van der Waals surface area contributed by atoms with Crippen LogP contribution in [0.25, 0.3) is 11.4 Å². The minimum absolute atomic E-state index is 0.166. The number of carboxylic acid groups (broad SMARTS) is 1. The molecule has 0 amide bonds. The number of nitrogens with one attached hydrogen (secondary N) is 1. The number of H-pyrrole nitrogens is 1. The first-order chi connectivity index (χ1) is 12.3. The van der Waals surface area contributed by atoms with Crippen molar-refractivity contribution in [3.63, 3.8) is 0 Å². The van der Waals surface area contributed by atoms with Crippen LogP contribution in [-0.2, 0) is 24.1 Å². The Morgan fingerprint density at radius 3 is 2.85 bits per heavy atom. The number of carbonyl (C=O) groups is 1. The largest absolute Gasteiger partial charge is 0.506 e. The molecule has 0 saturated heterocycles. The SMILES string of the molecule is Cc1nc2c(n1CCOC(C)S)CCCc1c-2[nH]c(=O)c(C(=O)O)c1O. The summed E-state index contributed by atoms with van der Waals surface area (Å²) in [6.45, 7) is 4.77. The van der Waals surface area contributed by atoms with E-state index >= 15 is 0 Å². The highest BCUT2D eigenvalue weighted by molar-refractivity contribution is 7.80. The smallest absolute Gasteiger partial charge is 0.345 e. The Hall–Kier alpha value is -2.26. The third-order valence-corrected chi connectivity index (χ3v) is 4.67. The van der Waals surface area contributed by atoms with Gasteiger partial charge >= 0.3 is 5.97 Å². The van der Waals surface area contributed by atoms with E-state index in [9.17, 15) is 19.8 Å². The van der Waals surface area contributed by atoms with E-state index in [2.05, 4.69) is 22.6 Å². The minimum atomic E-state index is -1.45. The van der Waals surface area contributed by atoms with Crippen LogP contribution in [-0.4, -0.2) is 42.8 Å². The Morgan fingerprint density at radius 1 is 1.46 bits per heavy atom. The summed E-state index contributed by atoms with van der Waals surface area (Å²) in [7, 11) is 0. The lowest BCUT2D eigenvalue weighted by molar-refractivity contribution is 0.0691. The fourth-order valence-corrected chi connectivity index (χ4v) is 3.48. The van der Waals surface area contributed by atoms with Crippen molar-refractivity contribution >= 4 is 18.6 Å². The number of fused-ring (bicyclic) bond motifs is 3. The van der Waals surface area contributed by atoms with Crippen LogP contribution in [0.15, 0.2) is 4.79 Å². The maximum absolute atomic E-state index is 12.2. The predicted molar refractivity (Wildman–Crippen MR) is 98.1 cm³/mol. The number of aromatic carboxylic acids is 1. The second-order valence-corrected chi connectivity index (χ2v) is 6.99. The molecule has 1 aliphatic carbocycles. The van der Waals surface area contributed by atoms with Crippen molar-refractivity contribution in [2.45, 2.75) is 45.1 Å². The second kappa shape index (κ2) is 7.16. The van der Waals surface area contributed by atoms with Gasteiger partial charge in [-0.15, -0.1) is 12.6 Å². The molecule has 1 atom stereocenters. The zero-order valence-electron chi connectivity index (χ0n) is 14.6. The fraction of sp³-hybridized carbons (Fsp3) is 0.471. The van der Waals surface area contributed by atoms with Gasteiger partial charge in [0.2, 0.25) is 0 Å². The van der Waals surface area contributed by atoms with Crippen molar-refractivity contribution in [1.29, 1.82) is 0 Å². The van der Waals surface area contributed by atoms with Crippen LogP contribution in [0.2, 0.25) is 0 Å². The maximum atomic E-state index is 12.2. The van der Waals surface area contributed by atoms with E-state index in [4.69, 9.17) is 4.74 Å². The fourth-order valence-electron chi connectivity index (χ4n) is 3.38. The molecular formula is C17H21N3O5S. The van der Waals surface area contributed by atoms with Crippen molar-refractivity contribution < 1.29 is 19.7 Å². The van der Waals surface area contributed by atoms with Crippen molar-refractivity contribution in [1.82, 2.24) is 14.5 Å². The van der Waals surface area contributed by atoms with Gasteiger partial charge in [-0.3, -0.25) is 4.79 Å². The lowest BCUT2D eigenvalue weighted by Crippen LogP contribution is -2.20. The lowest BCUT2D eigenvalue weighted by Gasteiger charge is -2.12. The summed E-state index contributed by atoms with van der Waals surface area (Å²) in [5.74, 6) is -1.15. The highest BCUT2D eigenvalue weighted by Gasteiger charge is 2.28. The average molecular weight is 379 g/mol. The summed E-state index contributed by atoms with van der Waals surface area (Å²) in [5, 5.41) is 19.5. The monoisotopic (exact) mass is 379 g/mol. The van der Waals surface area contributed by atoms with Gasteiger partial charge in [0.05, 0.1) is 17.7 Å². The molecule has 8 nitrogen and oxygen atoms in total. The molecule has 0 bridgehead atoms. The molecule has 2 aromatic heterocycles. The number of imidazole rings is 1. The Labute approximate surface area is 155 Å². The summed E-state index contributed by atoms with van der Waals surface area (Å²) < 4.78 is 7.52. The van der Waals surface area contributed by atoms with Crippen molar-refractivity contribution in [3.8, 4) is 17.1 Å². The van der Waals surface area contributed by atoms with Crippen LogP contribution in [0.5, 0.6) is 5.75 Å². The Bertz CT molecular complexity index is 916. The quantitative estimate of drug-likeness (QED) is 0.464. The molecule has 0 fully saturated rings. The number of aromatic hydroxyl groups is 1. The van der Waals surface area contributed by atoms with E-state index in [-0.39, 0.29) is 5.44 Å². The number of ether oxygens (including phenoxy) is 1. The molecule has 0 radical (unpaired) electrons. The normalized spacial score (nSPS) is 14.4. The molecule has 26 heavy (non-hydrogen) atoms. The molecule has 1 aliphatic rings. The van der Waals surface area contributed by atoms with E-state index in [1.807, 2.05) is 18.4 Å².